The third-order valence-electron chi connectivity index (χ3n) is 3.87. The van der Waals surface area contributed by atoms with Gasteiger partial charge in [0.15, 0.2) is 0 Å². The van der Waals surface area contributed by atoms with Gasteiger partial charge in [0.2, 0.25) is 0 Å². The molecule has 1 aliphatic rings. The van der Waals surface area contributed by atoms with E-state index in [1.807, 2.05) is 31.7 Å². The van der Waals surface area contributed by atoms with Crippen molar-refractivity contribution in [1.82, 2.24) is 10.3 Å². The fourth-order valence-corrected chi connectivity index (χ4v) is 3.96. The molecule has 3 N–H and O–H groups in total. The number of hydrogen-bond acceptors (Lipinski definition) is 4. The van der Waals surface area contributed by atoms with Crippen molar-refractivity contribution in [2.24, 2.45) is 0 Å². The standard InChI is InChI=1S/C16H25N3OS/c1-4-21-14-7-5-6-12(14)19-16(20)11-8-13(10(2)3)18-15(17)9-11/h8-10,12,14H,4-7H2,1-3H3,(H2,17,18)(H,19,20). The van der Waals surface area contributed by atoms with Gasteiger partial charge in [-0.15, -0.1) is 0 Å². The van der Waals surface area contributed by atoms with Crippen LogP contribution >= 0.6 is 11.8 Å². The van der Waals surface area contributed by atoms with Gasteiger partial charge >= 0.3 is 0 Å². The van der Waals surface area contributed by atoms with Gasteiger partial charge in [-0.2, -0.15) is 11.8 Å². The fraction of sp³-hybridized carbons (Fsp3) is 0.625. The number of thioether (sulfide) groups is 1. The molecule has 2 rings (SSSR count). The first-order valence-electron chi connectivity index (χ1n) is 7.71. The van der Waals surface area contributed by atoms with Crippen LogP contribution in [0.1, 0.15) is 62.0 Å². The predicted octanol–water partition coefficient (Wildman–Crippen LogP) is 3.19. The Morgan fingerprint density at radius 3 is 2.90 bits per heavy atom. The van der Waals surface area contributed by atoms with Gasteiger partial charge in [-0.1, -0.05) is 27.2 Å². The van der Waals surface area contributed by atoms with E-state index < -0.39 is 0 Å². The lowest BCUT2D eigenvalue weighted by Crippen LogP contribution is -2.38. The molecule has 2 unspecified atom stereocenters. The van der Waals surface area contributed by atoms with E-state index in [1.165, 1.54) is 12.8 Å². The average Bonchev–Trinajstić information content (AvgIpc) is 2.85. The minimum Gasteiger partial charge on any atom is -0.384 e. The second-order valence-corrected chi connectivity index (χ2v) is 7.38. The van der Waals surface area contributed by atoms with Crippen LogP contribution in [0.25, 0.3) is 0 Å². The Balaban J connectivity index is 2.09. The Kier molecular flexibility index (Phi) is 5.51. The van der Waals surface area contributed by atoms with Crippen LogP contribution in [0.15, 0.2) is 12.1 Å². The number of amides is 1. The quantitative estimate of drug-likeness (QED) is 0.876. The van der Waals surface area contributed by atoms with Crippen LogP contribution in [0.2, 0.25) is 0 Å². The summed E-state index contributed by atoms with van der Waals surface area (Å²) in [6, 6.07) is 3.80. The summed E-state index contributed by atoms with van der Waals surface area (Å²) in [4.78, 5) is 16.8. The molecule has 2 atom stereocenters. The van der Waals surface area contributed by atoms with Crippen molar-refractivity contribution in [2.45, 2.75) is 57.2 Å². The summed E-state index contributed by atoms with van der Waals surface area (Å²) in [6.45, 7) is 6.27. The maximum atomic E-state index is 12.5. The maximum absolute atomic E-state index is 12.5. The van der Waals surface area contributed by atoms with Gasteiger partial charge in [-0.3, -0.25) is 4.79 Å². The fourth-order valence-electron chi connectivity index (χ4n) is 2.76. The second-order valence-electron chi connectivity index (χ2n) is 5.86. The molecule has 0 bridgehead atoms. The average molecular weight is 307 g/mol. The summed E-state index contributed by atoms with van der Waals surface area (Å²) in [5, 5.41) is 3.72. The molecule has 0 spiro atoms. The number of nitrogens with one attached hydrogen (secondary N) is 1. The number of carbonyl (C=O) groups is 1. The molecule has 0 aliphatic heterocycles. The van der Waals surface area contributed by atoms with E-state index in [0.717, 1.165) is 17.9 Å². The Bertz CT molecular complexity index is 504. The van der Waals surface area contributed by atoms with Crippen LogP contribution in [-0.4, -0.2) is 27.9 Å². The lowest BCUT2D eigenvalue weighted by molar-refractivity contribution is 0.0938. The SMILES string of the molecule is CCSC1CCCC1NC(=O)c1cc(N)nc(C(C)C)c1. The number of nitrogens with two attached hydrogens (primary N) is 1. The summed E-state index contributed by atoms with van der Waals surface area (Å²) in [6.07, 6.45) is 3.46. The molecule has 1 amide bonds. The van der Waals surface area contributed by atoms with E-state index in [0.29, 0.717) is 16.6 Å². The topological polar surface area (TPSA) is 68.0 Å². The van der Waals surface area contributed by atoms with Crippen molar-refractivity contribution in [1.29, 1.82) is 0 Å². The zero-order valence-electron chi connectivity index (χ0n) is 13.1. The highest BCUT2D eigenvalue weighted by Gasteiger charge is 2.28. The minimum atomic E-state index is -0.0281. The summed E-state index contributed by atoms with van der Waals surface area (Å²) in [7, 11) is 0. The van der Waals surface area contributed by atoms with E-state index in [4.69, 9.17) is 5.73 Å². The molecule has 0 radical (unpaired) electrons. The van der Waals surface area contributed by atoms with Crippen LogP contribution in [0.5, 0.6) is 0 Å². The molecule has 116 valence electrons. The first kappa shape index (κ1) is 16.1. The molecular weight excluding hydrogens is 282 g/mol. The van der Waals surface area contributed by atoms with Gasteiger partial charge in [0.05, 0.1) is 0 Å². The molecule has 0 saturated heterocycles. The van der Waals surface area contributed by atoms with Crippen molar-refractivity contribution >= 4 is 23.5 Å². The first-order valence-corrected chi connectivity index (χ1v) is 8.76. The zero-order valence-corrected chi connectivity index (χ0v) is 13.9. The smallest absolute Gasteiger partial charge is 0.251 e. The summed E-state index contributed by atoms with van der Waals surface area (Å²) >= 11 is 1.94. The monoisotopic (exact) mass is 307 g/mol. The van der Waals surface area contributed by atoms with E-state index in [-0.39, 0.29) is 17.9 Å². The number of carbonyl (C=O) groups excluding carboxylic acids is 1. The van der Waals surface area contributed by atoms with Crippen LogP contribution in [0.4, 0.5) is 5.82 Å². The highest BCUT2D eigenvalue weighted by molar-refractivity contribution is 7.99. The number of nitrogen functional groups attached to an aromatic ring is 1. The molecule has 5 heteroatoms. The van der Waals surface area contributed by atoms with Gasteiger partial charge in [-0.25, -0.2) is 4.98 Å². The predicted molar refractivity (Wildman–Crippen MR) is 89.8 cm³/mol. The number of pyridine rings is 1. The number of hydrogen-bond donors (Lipinski definition) is 2. The summed E-state index contributed by atoms with van der Waals surface area (Å²) in [5.41, 5.74) is 7.31. The molecule has 1 heterocycles. The molecule has 21 heavy (non-hydrogen) atoms. The van der Waals surface area contributed by atoms with E-state index >= 15 is 0 Å². The number of anilines is 1. The molecule has 1 aromatic heterocycles. The number of rotatable bonds is 5. The highest BCUT2D eigenvalue weighted by Crippen LogP contribution is 2.30. The zero-order chi connectivity index (χ0) is 15.4. The molecule has 0 aromatic carbocycles. The third kappa shape index (κ3) is 4.13. The van der Waals surface area contributed by atoms with E-state index in [2.05, 4.69) is 17.2 Å². The van der Waals surface area contributed by atoms with Gasteiger partial charge < -0.3 is 11.1 Å². The summed E-state index contributed by atoms with van der Waals surface area (Å²) < 4.78 is 0. The van der Waals surface area contributed by atoms with Crippen LogP contribution in [0, 0.1) is 0 Å². The maximum Gasteiger partial charge on any atom is 0.251 e. The Morgan fingerprint density at radius 2 is 2.24 bits per heavy atom. The lowest BCUT2D eigenvalue weighted by Gasteiger charge is -2.20. The largest absolute Gasteiger partial charge is 0.384 e. The minimum absolute atomic E-state index is 0.0281. The van der Waals surface area contributed by atoms with Crippen molar-refractivity contribution < 1.29 is 4.79 Å². The lowest BCUT2D eigenvalue weighted by atomic mass is 10.1. The third-order valence-corrected chi connectivity index (χ3v) is 5.19. The molecule has 1 aliphatic carbocycles. The Morgan fingerprint density at radius 1 is 1.48 bits per heavy atom. The van der Waals surface area contributed by atoms with Crippen molar-refractivity contribution in [3.63, 3.8) is 0 Å². The Labute approximate surface area is 131 Å². The van der Waals surface area contributed by atoms with Crippen LogP contribution < -0.4 is 11.1 Å². The van der Waals surface area contributed by atoms with Gasteiger partial charge in [0, 0.05) is 22.5 Å². The van der Waals surface area contributed by atoms with Crippen molar-refractivity contribution in [2.75, 3.05) is 11.5 Å². The molecule has 1 aromatic rings. The van der Waals surface area contributed by atoms with Gasteiger partial charge in [-0.05, 0) is 36.6 Å². The molecule has 1 fully saturated rings. The Hall–Kier alpha value is -1.23. The highest BCUT2D eigenvalue weighted by atomic mass is 32.2. The molecule has 4 nitrogen and oxygen atoms in total. The normalized spacial score (nSPS) is 21.7. The summed E-state index contributed by atoms with van der Waals surface area (Å²) in [5.74, 6) is 1.74. The number of aromatic nitrogens is 1. The molecule has 1 saturated carbocycles. The van der Waals surface area contributed by atoms with Gasteiger partial charge in [0.25, 0.3) is 5.91 Å². The van der Waals surface area contributed by atoms with E-state index in [1.54, 1.807) is 6.07 Å². The van der Waals surface area contributed by atoms with Gasteiger partial charge in [0.1, 0.15) is 5.82 Å². The van der Waals surface area contributed by atoms with Crippen LogP contribution in [-0.2, 0) is 0 Å². The second kappa shape index (κ2) is 7.16. The van der Waals surface area contributed by atoms with Crippen LogP contribution in [0.3, 0.4) is 0 Å². The molecular formula is C16H25N3OS. The van der Waals surface area contributed by atoms with Crippen molar-refractivity contribution in [3.8, 4) is 0 Å². The number of nitrogens with zero attached hydrogens (tertiary/aromatic N) is 1. The van der Waals surface area contributed by atoms with Crippen molar-refractivity contribution in [3.05, 3.63) is 23.4 Å². The van der Waals surface area contributed by atoms with E-state index in [9.17, 15) is 4.79 Å². The first-order chi connectivity index (χ1) is 10.0.